The molecular formula is C14H30N2. The van der Waals surface area contributed by atoms with E-state index in [9.17, 15) is 0 Å². The Hall–Kier alpha value is -0.0800. The molecule has 2 atom stereocenters. The molecule has 0 aromatic rings. The summed E-state index contributed by atoms with van der Waals surface area (Å²) in [6.07, 6.45) is 6.78. The number of likely N-dealkylation sites (tertiary alicyclic amines) is 1. The zero-order valence-corrected chi connectivity index (χ0v) is 11.5. The summed E-state index contributed by atoms with van der Waals surface area (Å²) in [4.78, 5) is 2.66. The second-order valence-corrected chi connectivity index (χ2v) is 5.17. The van der Waals surface area contributed by atoms with Gasteiger partial charge in [-0.25, -0.2) is 0 Å². The van der Waals surface area contributed by atoms with Crippen LogP contribution in [-0.2, 0) is 0 Å². The van der Waals surface area contributed by atoms with E-state index >= 15 is 0 Å². The van der Waals surface area contributed by atoms with Gasteiger partial charge in [0.25, 0.3) is 0 Å². The number of rotatable bonds is 8. The maximum absolute atomic E-state index is 3.56. The number of hydrogen-bond donors (Lipinski definition) is 1. The van der Waals surface area contributed by atoms with Gasteiger partial charge in [0, 0.05) is 12.6 Å². The zero-order valence-electron chi connectivity index (χ0n) is 11.5. The van der Waals surface area contributed by atoms with Gasteiger partial charge < -0.3 is 10.2 Å². The van der Waals surface area contributed by atoms with E-state index in [2.05, 4.69) is 31.0 Å². The van der Waals surface area contributed by atoms with Crippen molar-refractivity contribution in [1.29, 1.82) is 0 Å². The van der Waals surface area contributed by atoms with Crippen LogP contribution in [-0.4, -0.2) is 37.1 Å². The van der Waals surface area contributed by atoms with Gasteiger partial charge in [-0.05, 0) is 51.2 Å². The van der Waals surface area contributed by atoms with Gasteiger partial charge in [-0.2, -0.15) is 0 Å². The molecule has 0 aliphatic carbocycles. The van der Waals surface area contributed by atoms with Crippen LogP contribution >= 0.6 is 0 Å². The van der Waals surface area contributed by atoms with Crippen molar-refractivity contribution in [3.8, 4) is 0 Å². The molecule has 1 fully saturated rings. The Bertz CT molecular complexity index is 170. The lowest BCUT2D eigenvalue weighted by atomic mass is 10.1. The van der Waals surface area contributed by atoms with Crippen molar-refractivity contribution >= 4 is 0 Å². The molecule has 0 aromatic heterocycles. The van der Waals surface area contributed by atoms with Crippen LogP contribution in [0.25, 0.3) is 0 Å². The first-order valence-electron chi connectivity index (χ1n) is 7.25. The minimum atomic E-state index is 0.745. The Morgan fingerprint density at radius 3 is 2.69 bits per heavy atom. The lowest BCUT2D eigenvalue weighted by molar-refractivity contribution is 0.305. The molecule has 1 aliphatic heterocycles. The second kappa shape index (κ2) is 8.08. The first-order valence-corrected chi connectivity index (χ1v) is 7.25. The summed E-state index contributed by atoms with van der Waals surface area (Å²) in [6, 6.07) is 0.745. The predicted octanol–water partition coefficient (Wildman–Crippen LogP) is 2.89. The molecule has 0 amide bonds. The van der Waals surface area contributed by atoms with Crippen molar-refractivity contribution < 1.29 is 0 Å². The lowest BCUT2D eigenvalue weighted by Gasteiger charge is -2.19. The summed E-state index contributed by atoms with van der Waals surface area (Å²) in [7, 11) is 0. The molecule has 0 aromatic carbocycles. The molecule has 1 saturated heterocycles. The first-order chi connectivity index (χ1) is 7.80. The molecule has 0 spiro atoms. The van der Waals surface area contributed by atoms with Crippen LogP contribution in [0.1, 0.15) is 52.9 Å². The van der Waals surface area contributed by atoms with Crippen molar-refractivity contribution in [1.82, 2.24) is 10.2 Å². The molecule has 2 unspecified atom stereocenters. The molecule has 0 saturated carbocycles. The number of nitrogens with zero attached hydrogens (tertiary/aromatic N) is 1. The van der Waals surface area contributed by atoms with E-state index in [4.69, 9.17) is 0 Å². The van der Waals surface area contributed by atoms with Crippen LogP contribution in [0.3, 0.4) is 0 Å². The van der Waals surface area contributed by atoms with E-state index in [0.29, 0.717) is 0 Å². The maximum atomic E-state index is 3.56. The van der Waals surface area contributed by atoms with Crippen molar-refractivity contribution in [3.63, 3.8) is 0 Å². The highest BCUT2D eigenvalue weighted by Crippen LogP contribution is 2.19. The molecule has 96 valence electrons. The second-order valence-electron chi connectivity index (χ2n) is 5.17. The van der Waals surface area contributed by atoms with Crippen molar-refractivity contribution in [3.05, 3.63) is 0 Å². The molecule has 1 rings (SSSR count). The Morgan fingerprint density at radius 2 is 2.12 bits per heavy atom. The van der Waals surface area contributed by atoms with E-state index in [1.807, 2.05) is 0 Å². The molecule has 1 heterocycles. The molecule has 16 heavy (non-hydrogen) atoms. The van der Waals surface area contributed by atoms with Gasteiger partial charge in [0.2, 0.25) is 0 Å². The smallest absolute Gasteiger partial charge is 0.00647 e. The minimum absolute atomic E-state index is 0.745. The highest BCUT2D eigenvalue weighted by Gasteiger charge is 2.20. The van der Waals surface area contributed by atoms with Crippen LogP contribution in [0, 0.1) is 5.92 Å². The molecule has 0 bridgehead atoms. The molecule has 1 aliphatic rings. The van der Waals surface area contributed by atoms with Crippen LogP contribution in [0.2, 0.25) is 0 Å². The highest BCUT2D eigenvalue weighted by atomic mass is 15.1. The third-order valence-electron chi connectivity index (χ3n) is 3.96. The van der Waals surface area contributed by atoms with Crippen LogP contribution in [0.5, 0.6) is 0 Å². The SMILES string of the molecule is CCNC(CC)CCCN1CCC(CC)C1. The summed E-state index contributed by atoms with van der Waals surface area (Å²) < 4.78 is 0. The normalized spacial score (nSPS) is 23.8. The van der Waals surface area contributed by atoms with E-state index < -0.39 is 0 Å². The third kappa shape index (κ3) is 4.84. The van der Waals surface area contributed by atoms with Gasteiger partial charge in [0.15, 0.2) is 0 Å². The fourth-order valence-electron chi connectivity index (χ4n) is 2.75. The van der Waals surface area contributed by atoms with Gasteiger partial charge in [0.1, 0.15) is 0 Å². The van der Waals surface area contributed by atoms with Crippen molar-refractivity contribution in [2.75, 3.05) is 26.2 Å². The molecular weight excluding hydrogens is 196 g/mol. The molecule has 0 radical (unpaired) electrons. The fourth-order valence-corrected chi connectivity index (χ4v) is 2.75. The summed E-state index contributed by atoms with van der Waals surface area (Å²) in [5, 5.41) is 3.56. The summed E-state index contributed by atoms with van der Waals surface area (Å²) in [6.45, 7) is 11.9. The Labute approximate surface area is 102 Å². The molecule has 2 nitrogen and oxygen atoms in total. The van der Waals surface area contributed by atoms with Crippen LogP contribution in [0.4, 0.5) is 0 Å². The predicted molar refractivity (Wildman–Crippen MR) is 71.8 cm³/mol. The Balaban J connectivity index is 2.06. The zero-order chi connectivity index (χ0) is 11.8. The number of hydrogen-bond acceptors (Lipinski definition) is 2. The maximum Gasteiger partial charge on any atom is 0.00647 e. The monoisotopic (exact) mass is 226 g/mol. The molecule has 1 N–H and O–H groups in total. The quantitative estimate of drug-likeness (QED) is 0.684. The minimum Gasteiger partial charge on any atom is -0.314 e. The van der Waals surface area contributed by atoms with E-state index in [0.717, 1.165) is 18.5 Å². The third-order valence-corrected chi connectivity index (χ3v) is 3.96. The first kappa shape index (κ1) is 14.0. The average Bonchev–Trinajstić information content (AvgIpc) is 2.76. The van der Waals surface area contributed by atoms with Gasteiger partial charge in [0.05, 0.1) is 0 Å². The van der Waals surface area contributed by atoms with E-state index in [1.54, 1.807) is 0 Å². The summed E-state index contributed by atoms with van der Waals surface area (Å²) >= 11 is 0. The Morgan fingerprint density at radius 1 is 1.31 bits per heavy atom. The summed E-state index contributed by atoms with van der Waals surface area (Å²) in [5.74, 6) is 0.982. The van der Waals surface area contributed by atoms with Crippen LogP contribution in [0.15, 0.2) is 0 Å². The van der Waals surface area contributed by atoms with Crippen molar-refractivity contribution in [2.24, 2.45) is 5.92 Å². The topological polar surface area (TPSA) is 15.3 Å². The van der Waals surface area contributed by atoms with Crippen molar-refractivity contribution in [2.45, 2.75) is 58.9 Å². The van der Waals surface area contributed by atoms with E-state index in [-0.39, 0.29) is 0 Å². The van der Waals surface area contributed by atoms with Gasteiger partial charge >= 0.3 is 0 Å². The van der Waals surface area contributed by atoms with E-state index in [1.165, 1.54) is 51.7 Å². The fraction of sp³-hybridized carbons (Fsp3) is 1.00. The lowest BCUT2D eigenvalue weighted by Crippen LogP contribution is -2.30. The largest absolute Gasteiger partial charge is 0.314 e. The summed E-state index contributed by atoms with van der Waals surface area (Å²) in [5.41, 5.74) is 0. The standard InChI is InChI=1S/C14H30N2/c1-4-13-9-11-16(12-13)10-7-8-14(5-2)15-6-3/h13-15H,4-12H2,1-3H3. The highest BCUT2D eigenvalue weighted by molar-refractivity contribution is 4.75. The van der Waals surface area contributed by atoms with Gasteiger partial charge in [-0.15, -0.1) is 0 Å². The van der Waals surface area contributed by atoms with Crippen LogP contribution < -0.4 is 5.32 Å². The Kier molecular flexibility index (Phi) is 7.06. The van der Waals surface area contributed by atoms with Gasteiger partial charge in [-0.1, -0.05) is 27.2 Å². The molecule has 2 heteroatoms. The average molecular weight is 226 g/mol. The van der Waals surface area contributed by atoms with Gasteiger partial charge in [-0.3, -0.25) is 0 Å². The number of nitrogens with one attached hydrogen (secondary N) is 1.